The Hall–Kier alpha value is -1.82. The standard InChI is InChI=1S/C15H21NO5/c1-2-11-3-4-13(21-11)15(19)16-8-5-12(6-9-16)20-10-7-14(17)18/h3-4,12H,2,5-10H2,1H3,(H,17,18). The topological polar surface area (TPSA) is 80.0 Å². The summed E-state index contributed by atoms with van der Waals surface area (Å²) in [6, 6.07) is 3.55. The van der Waals surface area contributed by atoms with Gasteiger partial charge in [0.15, 0.2) is 5.76 Å². The number of hydrogen-bond acceptors (Lipinski definition) is 4. The van der Waals surface area contributed by atoms with E-state index in [2.05, 4.69) is 0 Å². The summed E-state index contributed by atoms with van der Waals surface area (Å²) in [4.78, 5) is 24.4. The first-order valence-electron chi connectivity index (χ1n) is 7.31. The summed E-state index contributed by atoms with van der Waals surface area (Å²) < 4.78 is 11.0. The molecule has 6 heteroatoms. The molecule has 1 aromatic rings. The minimum absolute atomic E-state index is 0.0192. The molecule has 2 heterocycles. The van der Waals surface area contributed by atoms with Crippen LogP contribution in [0, 0.1) is 0 Å². The van der Waals surface area contributed by atoms with Gasteiger partial charge in [0.05, 0.1) is 19.1 Å². The van der Waals surface area contributed by atoms with Gasteiger partial charge in [0, 0.05) is 19.5 Å². The highest BCUT2D eigenvalue weighted by molar-refractivity contribution is 5.91. The van der Waals surface area contributed by atoms with E-state index in [0.29, 0.717) is 18.8 Å². The van der Waals surface area contributed by atoms with Gasteiger partial charge in [-0.3, -0.25) is 9.59 Å². The number of piperidine rings is 1. The number of amides is 1. The van der Waals surface area contributed by atoms with E-state index < -0.39 is 5.97 Å². The molecule has 0 bridgehead atoms. The van der Waals surface area contributed by atoms with E-state index in [9.17, 15) is 9.59 Å². The van der Waals surface area contributed by atoms with Gasteiger partial charge in [0.1, 0.15) is 5.76 Å². The van der Waals surface area contributed by atoms with Crippen LogP contribution in [0.4, 0.5) is 0 Å². The van der Waals surface area contributed by atoms with Crippen molar-refractivity contribution in [2.75, 3.05) is 19.7 Å². The lowest BCUT2D eigenvalue weighted by Gasteiger charge is -2.31. The Labute approximate surface area is 123 Å². The van der Waals surface area contributed by atoms with Crippen LogP contribution < -0.4 is 0 Å². The lowest BCUT2D eigenvalue weighted by atomic mass is 10.1. The van der Waals surface area contributed by atoms with Crippen molar-refractivity contribution >= 4 is 11.9 Å². The number of rotatable bonds is 6. The Bertz CT molecular complexity index is 488. The molecule has 1 aromatic heterocycles. The number of hydrogen-bond donors (Lipinski definition) is 1. The Morgan fingerprint density at radius 3 is 2.67 bits per heavy atom. The molecule has 0 radical (unpaired) electrons. The van der Waals surface area contributed by atoms with Gasteiger partial charge < -0.3 is 19.2 Å². The molecule has 6 nitrogen and oxygen atoms in total. The predicted octanol–water partition coefficient (Wildman–Crippen LogP) is 1.94. The summed E-state index contributed by atoms with van der Waals surface area (Å²) in [7, 11) is 0. The van der Waals surface area contributed by atoms with Gasteiger partial charge in [0.25, 0.3) is 5.91 Å². The fourth-order valence-corrected chi connectivity index (χ4v) is 2.38. The smallest absolute Gasteiger partial charge is 0.305 e. The Kier molecular flexibility index (Phi) is 5.38. The van der Waals surface area contributed by atoms with E-state index in [0.717, 1.165) is 25.0 Å². The fraction of sp³-hybridized carbons (Fsp3) is 0.600. The second kappa shape index (κ2) is 7.26. The van der Waals surface area contributed by atoms with E-state index in [1.54, 1.807) is 11.0 Å². The average Bonchev–Trinajstić information content (AvgIpc) is 2.96. The first-order valence-corrected chi connectivity index (χ1v) is 7.31. The Balaban J connectivity index is 1.77. The minimum atomic E-state index is -0.854. The molecule has 0 spiro atoms. The van der Waals surface area contributed by atoms with E-state index >= 15 is 0 Å². The molecule has 0 aromatic carbocycles. The number of carbonyl (C=O) groups is 2. The summed E-state index contributed by atoms with van der Waals surface area (Å²) in [5.74, 6) is 0.258. The van der Waals surface area contributed by atoms with Crippen LogP contribution in [0.2, 0.25) is 0 Å². The maximum atomic E-state index is 12.3. The highest BCUT2D eigenvalue weighted by atomic mass is 16.5. The largest absolute Gasteiger partial charge is 0.481 e. The molecule has 1 saturated heterocycles. The van der Waals surface area contributed by atoms with Gasteiger partial charge in [-0.1, -0.05) is 6.92 Å². The number of aryl methyl sites for hydroxylation is 1. The number of carbonyl (C=O) groups excluding carboxylic acids is 1. The van der Waals surface area contributed by atoms with Crippen LogP contribution in [0.5, 0.6) is 0 Å². The van der Waals surface area contributed by atoms with Crippen LogP contribution in [-0.2, 0) is 16.0 Å². The van der Waals surface area contributed by atoms with Gasteiger partial charge in [0.2, 0.25) is 0 Å². The van der Waals surface area contributed by atoms with Crippen molar-refractivity contribution in [3.05, 3.63) is 23.7 Å². The van der Waals surface area contributed by atoms with Crippen LogP contribution >= 0.6 is 0 Å². The molecule has 1 amide bonds. The quantitative estimate of drug-likeness (QED) is 0.867. The van der Waals surface area contributed by atoms with Gasteiger partial charge in [-0.15, -0.1) is 0 Å². The van der Waals surface area contributed by atoms with Crippen molar-refractivity contribution in [3.63, 3.8) is 0 Å². The highest BCUT2D eigenvalue weighted by Gasteiger charge is 2.25. The van der Waals surface area contributed by atoms with E-state index in [1.807, 2.05) is 13.0 Å². The second-order valence-electron chi connectivity index (χ2n) is 5.13. The summed E-state index contributed by atoms with van der Waals surface area (Å²) in [6.45, 7) is 3.43. The van der Waals surface area contributed by atoms with Crippen LogP contribution in [0.3, 0.4) is 0 Å². The number of likely N-dealkylation sites (tertiary alicyclic amines) is 1. The third kappa shape index (κ3) is 4.32. The summed E-state index contributed by atoms with van der Waals surface area (Å²) in [5.41, 5.74) is 0. The van der Waals surface area contributed by atoms with Crippen LogP contribution in [0.25, 0.3) is 0 Å². The zero-order valence-corrected chi connectivity index (χ0v) is 12.2. The first kappa shape index (κ1) is 15.6. The second-order valence-corrected chi connectivity index (χ2v) is 5.13. The van der Waals surface area contributed by atoms with Gasteiger partial charge >= 0.3 is 5.97 Å². The van der Waals surface area contributed by atoms with Crippen LogP contribution in [-0.4, -0.2) is 47.7 Å². The van der Waals surface area contributed by atoms with Crippen LogP contribution in [0.1, 0.15) is 42.5 Å². The molecule has 0 atom stereocenters. The minimum Gasteiger partial charge on any atom is -0.481 e. The summed E-state index contributed by atoms with van der Waals surface area (Å²) in [6.07, 6.45) is 2.29. The maximum Gasteiger partial charge on any atom is 0.305 e. The van der Waals surface area contributed by atoms with Crippen molar-refractivity contribution in [2.45, 2.75) is 38.7 Å². The summed E-state index contributed by atoms with van der Waals surface area (Å²) in [5, 5.41) is 8.56. The number of carboxylic acid groups (broad SMARTS) is 1. The van der Waals surface area contributed by atoms with Gasteiger partial charge in [-0.05, 0) is 25.0 Å². The van der Waals surface area contributed by atoms with E-state index in [4.69, 9.17) is 14.3 Å². The third-order valence-corrected chi connectivity index (χ3v) is 3.62. The van der Waals surface area contributed by atoms with Crippen molar-refractivity contribution in [2.24, 2.45) is 0 Å². The molecule has 2 rings (SSSR count). The average molecular weight is 295 g/mol. The van der Waals surface area contributed by atoms with E-state index in [1.165, 1.54) is 0 Å². The van der Waals surface area contributed by atoms with Crippen molar-refractivity contribution in [1.82, 2.24) is 4.90 Å². The monoisotopic (exact) mass is 295 g/mol. The number of carboxylic acids is 1. The first-order chi connectivity index (χ1) is 10.1. The molecule has 0 unspecified atom stereocenters. The Morgan fingerprint density at radius 1 is 1.38 bits per heavy atom. The highest BCUT2D eigenvalue weighted by Crippen LogP contribution is 2.18. The van der Waals surface area contributed by atoms with E-state index in [-0.39, 0.29) is 25.0 Å². The molecule has 0 aliphatic carbocycles. The molecule has 21 heavy (non-hydrogen) atoms. The molecular weight excluding hydrogens is 274 g/mol. The normalized spacial score (nSPS) is 16.1. The van der Waals surface area contributed by atoms with Gasteiger partial charge in [-0.25, -0.2) is 0 Å². The van der Waals surface area contributed by atoms with Crippen molar-refractivity contribution in [1.29, 1.82) is 0 Å². The zero-order valence-electron chi connectivity index (χ0n) is 12.2. The van der Waals surface area contributed by atoms with Crippen molar-refractivity contribution < 1.29 is 23.8 Å². The molecule has 116 valence electrons. The third-order valence-electron chi connectivity index (χ3n) is 3.62. The number of furan rings is 1. The zero-order chi connectivity index (χ0) is 15.2. The number of aliphatic carboxylic acids is 1. The summed E-state index contributed by atoms with van der Waals surface area (Å²) >= 11 is 0. The number of ether oxygens (including phenoxy) is 1. The molecule has 1 aliphatic heterocycles. The van der Waals surface area contributed by atoms with Crippen LogP contribution in [0.15, 0.2) is 16.5 Å². The predicted molar refractivity (Wildman–Crippen MR) is 75.2 cm³/mol. The molecule has 1 fully saturated rings. The van der Waals surface area contributed by atoms with Crippen molar-refractivity contribution in [3.8, 4) is 0 Å². The maximum absolute atomic E-state index is 12.3. The Morgan fingerprint density at radius 2 is 2.10 bits per heavy atom. The number of nitrogens with zero attached hydrogens (tertiary/aromatic N) is 1. The van der Waals surface area contributed by atoms with Gasteiger partial charge in [-0.2, -0.15) is 0 Å². The molecule has 1 N–H and O–H groups in total. The fourth-order valence-electron chi connectivity index (χ4n) is 2.38. The molecular formula is C15H21NO5. The molecule has 0 saturated carbocycles. The SMILES string of the molecule is CCc1ccc(C(=O)N2CCC(OCCC(=O)O)CC2)o1. The lowest BCUT2D eigenvalue weighted by molar-refractivity contribution is -0.138. The molecule has 1 aliphatic rings. The lowest BCUT2D eigenvalue weighted by Crippen LogP contribution is -2.40.